The predicted octanol–water partition coefficient (Wildman–Crippen LogP) is 2.22. The van der Waals surface area contributed by atoms with Crippen LogP contribution in [0.5, 0.6) is 0 Å². The largest absolute Gasteiger partial charge is 0.338 e. The molecule has 1 atom stereocenters. The standard InChI is InChI=1S/C15H20N4O/c1-10-5-4-6-18(9-10)15(20)13-8-16-14-7-11(2)17-19(14)12(13)3/h7-8,10H,4-6,9H2,1-3H3/t10-/m0/s1. The predicted molar refractivity (Wildman–Crippen MR) is 76.8 cm³/mol. The Morgan fingerprint density at radius 1 is 1.40 bits per heavy atom. The Hall–Kier alpha value is -1.91. The van der Waals surface area contributed by atoms with Gasteiger partial charge in [-0.15, -0.1) is 0 Å². The third-order valence-electron chi connectivity index (χ3n) is 4.02. The summed E-state index contributed by atoms with van der Waals surface area (Å²) in [6.45, 7) is 7.75. The Kier molecular flexibility index (Phi) is 3.20. The van der Waals surface area contributed by atoms with E-state index in [-0.39, 0.29) is 5.91 Å². The summed E-state index contributed by atoms with van der Waals surface area (Å²) in [4.78, 5) is 19.0. The Balaban J connectivity index is 1.96. The molecular weight excluding hydrogens is 252 g/mol. The van der Waals surface area contributed by atoms with Crippen molar-refractivity contribution >= 4 is 11.6 Å². The molecule has 5 nitrogen and oxygen atoms in total. The number of amides is 1. The monoisotopic (exact) mass is 272 g/mol. The Bertz CT molecular complexity index is 661. The molecule has 1 aliphatic heterocycles. The minimum absolute atomic E-state index is 0.0802. The smallest absolute Gasteiger partial charge is 0.257 e. The van der Waals surface area contributed by atoms with Gasteiger partial charge in [-0.2, -0.15) is 5.10 Å². The highest BCUT2D eigenvalue weighted by atomic mass is 16.2. The van der Waals surface area contributed by atoms with E-state index >= 15 is 0 Å². The van der Waals surface area contributed by atoms with Crippen LogP contribution < -0.4 is 0 Å². The number of aromatic nitrogens is 3. The molecule has 1 aliphatic rings. The fourth-order valence-corrected chi connectivity index (χ4v) is 2.92. The fourth-order valence-electron chi connectivity index (χ4n) is 2.92. The highest BCUT2D eigenvalue weighted by Crippen LogP contribution is 2.19. The molecule has 0 radical (unpaired) electrons. The van der Waals surface area contributed by atoms with Gasteiger partial charge < -0.3 is 4.90 Å². The van der Waals surface area contributed by atoms with E-state index in [9.17, 15) is 4.79 Å². The van der Waals surface area contributed by atoms with Gasteiger partial charge in [0.15, 0.2) is 5.65 Å². The number of piperidine rings is 1. The van der Waals surface area contributed by atoms with Gasteiger partial charge in [0, 0.05) is 25.4 Å². The molecule has 1 saturated heterocycles. The summed E-state index contributed by atoms with van der Waals surface area (Å²) >= 11 is 0. The molecule has 2 aromatic rings. The van der Waals surface area contributed by atoms with Gasteiger partial charge >= 0.3 is 0 Å². The molecule has 0 bridgehead atoms. The van der Waals surface area contributed by atoms with Crippen LogP contribution in [0, 0.1) is 19.8 Å². The SMILES string of the molecule is Cc1cc2ncc(C(=O)N3CCC[C@H](C)C3)c(C)n2n1. The zero-order valence-electron chi connectivity index (χ0n) is 12.3. The number of hydrogen-bond donors (Lipinski definition) is 0. The lowest BCUT2D eigenvalue weighted by Gasteiger charge is -2.31. The molecule has 20 heavy (non-hydrogen) atoms. The number of aryl methyl sites for hydroxylation is 2. The molecule has 0 N–H and O–H groups in total. The van der Waals surface area contributed by atoms with E-state index in [1.165, 1.54) is 6.42 Å². The van der Waals surface area contributed by atoms with E-state index in [2.05, 4.69) is 17.0 Å². The van der Waals surface area contributed by atoms with Gasteiger partial charge in [-0.25, -0.2) is 9.50 Å². The van der Waals surface area contributed by atoms with Gasteiger partial charge in [0.05, 0.1) is 17.0 Å². The summed E-state index contributed by atoms with van der Waals surface area (Å²) in [5.41, 5.74) is 3.24. The van der Waals surface area contributed by atoms with Crippen LogP contribution in [0.4, 0.5) is 0 Å². The van der Waals surface area contributed by atoms with E-state index < -0.39 is 0 Å². The van der Waals surface area contributed by atoms with E-state index in [4.69, 9.17) is 0 Å². The van der Waals surface area contributed by atoms with Crippen molar-refractivity contribution in [1.29, 1.82) is 0 Å². The quantitative estimate of drug-likeness (QED) is 0.800. The number of likely N-dealkylation sites (tertiary alicyclic amines) is 1. The minimum atomic E-state index is 0.0802. The number of rotatable bonds is 1. The van der Waals surface area contributed by atoms with Crippen molar-refractivity contribution in [1.82, 2.24) is 19.5 Å². The third-order valence-corrected chi connectivity index (χ3v) is 4.02. The van der Waals surface area contributed by atoms with Crippen molar-refractivity contribution in [3.8, 4) is 0 Å². The molecule has 0 spiro atoms. The van der Waals surface area contributed by atoms with Gasteiger partial charge in [-0.3, -0.25) is 4.79 Å². The molecule has 0 aliphatic carbocycles. The van der Waals surface area contributed by atoms with Gasteiger partial charge in [0.1, 0.15) is 0 Å². The average Bonchev–Trinajstić information content (AvgIpc) is 2.80. The average molecular weight is 272 g/mol. The zero-order chi connectivity index (χ0) is 14.3. The number of carbonyl (C=O) groups is 1. The lowest BCUT2D eigenvalue weighted by molar-refractivity contribution is 0.0681. The summed E-state index contributed by atoms with van der Waals surface area (Å²) in [5.74, 6) is 0.660. The maximum absolute atomic E-state index is 12.7. The van der Waals surface area contributed by atoms with Gasteiger partial charge in [-0.1, -0.05) is 6.92 Å². The Labute approximate surface area is 118 Å². The van der Waals surface area contributed by atoms with Crippen LogP contribution in [0.25, 0.3) is 5.65 Å². The molecule has 106 valence electrons. The third kappa shape index (κ3) is 2.17. The number of hydrogen-bond acceptors (Lipinski definition) is 3. The lowest BCUT2D eigenvalue weighted by Crippen LogP contribution is -2.39. The summed E-state index contributed by atoms with van der Waals surface area (Å²) < 4.78 is 1.76. The number of fused-ring (bicyclic) bond motifs is 1. The van der Waals surface area contributed by atoms with Crippen LogP contribution >= 0.6 is 0 Å². The van der Waals surface area contributed by atoms with Crippen LogP contribution in [-0.2, 0) is 0 Å². The maximum atomic E-state index is 12.7. The van der Waals surface area contributed by atoms with Crippen LogP contribution in [0.3, 0.4) is 0 Å². The molecular formula is C15H20N4O. The summed E-state index contributed by atoms with van der Waals surface area (Å²) in [7, 11) is 0. The molecule has 1 fully saturated rings. The van der Waals surface area contributed by atoms with Gasteiger partial charge in [0.2, 0.25) is 0 Å². The topological polar surface area (TPSA) is 50.5 Å². The van der Waals surface area contributed by atoms with Crippen molar-refractivity contribution in [3.05, 3.63) is 29.2 Å². The Morgan fingerprint density at radius 2 is 2.20 bits per heavy atom. The van der Waals surface area contributed by atoms with E-state index in [1.807, 2.05) is 24.8 Å². The van der Waals surface area contributed by atoms with Crippen molar-refractivity contribution in [2.75, 3.05) is 13.1 Å². The molecule has 3 heterocycles. The highest BCUT2D eigenvalue weighted by molar-refractivity contribution is 5.95. The molecule has 3 rings (SSSR count). The Morgan fingerprint density at radius 3 is 2.95 bits per heavy atom. The van der Waals surface area contributed by atoms with Crippen LogP contribution in [0.15, 0.2) is 12.3 Å². The zero-order valence-corrected chi connectivity index (χ0v) is 12.3. The number of carbonyl (C=O) groups excluding carboxylic acids is 1. The second kappa shape index (κ2) is 4.89. The van der Waals surface area contributed by atoms with Crippen LogP contribution in [0.2, 0.25) is 0 Å². The first kappa shape index (κ1) is 13.1. The first-order valence-corrected chi connectivity index (χ1v) is 7.17. The molecule has 0 aromatic carbocycles. The normalized spacial score (nSPS) is 19.6. The van der Waals surface area contributed by atoms with Crippen LogP contribution in [-0.4, -0.2) is 38.5 Å². The van der Waals surface area contributed by atoms with Crippen molar-refractivity contribution in [2.24, 2.45) is 5.92 Å². The maximum Gasteiger partial charge on any atom is 0.257 e. The molecule has 0 saturated carbocycles. The van der Waals surface area contributed by atoms with Gasteiger partial charge in [-0.05, 0) is 32.6 Å². The number of nitrogens with zero attached hydrogens (tertiary/aromatic N) is 4. The minimum Gasteiger partial charge on any atom is -0.338 e. The van der Waals surface area contributed by atoms with E-state index in [0.717, 1.165) is 36.5 Å². The van der Waals surface area contributed by atoms with E-state index in [0.29, 0.717) is 11.5 Å². The van der Waals surface area contributed by atoms with Crippen LogP contribution in [0.1, 0.15) is 41.5 Å². The summed E-state index contributed by atoms with van der Waals surface area (Å²) in [6.07, 6.45) is 3.98. The second-order valence-corrected chi connectivity index (χ2v) is 5.81. The lowest BCUT2D eigenvalue weighted by atomic mass is 9.99. The summed E-state index contributed by atoms with van der Waals surface area (Å²) in [5, 5.41) is 4.40. The molecule has 1 amide bonds. The first-order valence-electron chi connectivity index (χ1n) is 7.17. The van der Waals surface area contributed by atoms with Gasteiger partial charge in [0.25, 0.3) is 5.91 Å². The van der Waals surface area contributed by atoms with E-state index in [1.54, 1.807) is 10.7 Å². The van der Waals surface area contributed by atoms with Crippen molar-refractivity contribution < 1.29 is 4.79 Å². The fraction of sp³-hybridized carbons (Fsp3) is 0.533. The molecule has 2 aromatic heterocycles. The first-order chi connectivity index (χ1) is 9.56. The molecule has 0 unspecified atom stereocenters. The second-order valence-electron chi connectivity index (χ2n) is 5.81. The van der Waals surface area contributed by atoms with Crippen molar-refractivity contribution in [2.45, 2.75) is 33.6 Å². The molecule has 5 heteroatoms. The van der Waals surface area contributed by atoms with Crippen molar-refractivity contribution in [3.63, 3.8) is 0 Å². The summed E-state index contributed by atoms with van der Waals surface area (Å²) in [6, 6.07) is 1.92. The highest BCUT2D eigenvalue weighted by Gasteiger charge is 2.24.